The van der Waals surface area contributed by atoms with Crippen molar-refractivity contribution in [2.24, 2.45) is 14.1 Å². The van der Waals surface area contributed by atoms with Gasteiger partial charge >= 0.3 is 0 Å². The molecule has 2 heterocycles. The second kappa shape index (κ2) is 6.53. The van der Waals surface area contributed by atoms with Crippen molar-refractivity contribution in [1.82, 2.24) is 9.13 Å². The monoisotopic (exact) mass is 364 g/mol. The Morgan fingerprint density at radius 1 is 1.20 bits per heavy atom. The normalized spacial score (nSPS) is 16.4. The van der Waals surface area contributed by atoms with Gasteiger partial charge in [-0.2, -0.15) is 0 Å². The van der Waals surface area contributed by atoms with Crippen molar-refractivity contribution in [2.75, 3.05) is 20.8 Å². The minimum Gasteiger partial charge on any atom is -0.494 e. The summed E-state index contributed by atoms with van der Waals surface area (Å²) in [6.45, 7) is 0.801. The zero-order valence-corrected chi connectivity index (χ0v) is 15.5. The van der Waals surface area contributed by atoms with Crippen molar-refractivity contribution in [3.8, 4) is 17.4 Å². The zero-order valence-electron chi connectivity index (χ0n) is 14.7. The second-order valence-electron chi connectivity index (χ2n) is 6.10. The lowest BCUT2D eigenvalue weighted by atomic mass is 9.90. The SMILES string of the molecule is COc1cc2c(cc1OC)[C@H](c1c(O)n(C)c(=S)n(C)c1=O)[NH2+]CC2. The van der Waals surface area contributed by atoms with Gasteiger partial charge in [0.2, 0.25) is 5.88 Å². The number of hydrogen-bond donors (Lipinski definition) is 2. The van der Waals surface area contributed by atoms with Crippen molar-refractivity contribution in [1.29, 1.82) is 0 Å². The zero-order chi connectivity index (χ0) is 18.3. The molecule has 0 saturated carbocycles. The van der Waals surface area contributed by atoms with Gasteiger partial charge in [0.1, 0.15) is 11.6 Å². The highest BCUT2D eigenvalue weighted by Gasteiger charge is 2.33. The molecule has 0 bridgehead atoms. The van der Waals surface area contributed by atoms with Crippen LogP contribution in [0.25, 0.3) is 0 Å². The van der Waals surface area contributed by atoms with Crippen LogP contribution in [0.1, 0.15) is 22.7 Å². The Labute approximate surface area is 150 Å². The summed E-state index contributed by atoms with van der Waals surface area (Å²) in [7, 11) is 6.44. The second-order valence-corrected chi connectivity index (χ2v) is 6.47. The van der Waals surface area contributed by atoms with Crippen LogP contribution in [-0.2, 0) is 20.5 Å². The molecule has 0 fully saturated rings. The molecule has 1 aromatic carbocycles. The topological polar surface area (TPSA) is 82.2 Å². The maximum Gasteiger partial charge on any atom is 0.267 e. The van der Waals surface area contributed by atoms with Crippen LogP contribution in [0.15, 0.2) is 16.9 Å². The van der Waals surface area contributed by atoms with Crippen LogP contribution < -0.4 is 20.3 Å². The first-order valence-corrected chi connectivity index (χ1v) is 8.38. The fourth-order valence-electron chi connectivity index (χ4n) is 3.38. The number of nitrogens with two attached hydrogens (primary N) is 1. The molecule has 7 nitrogen and oxygen atoms in total. The van der Waals surface area contributed by atoms with E-state index in [1.165, 1.54) is 9.13 Å². The molecule has 1 aliphatic heterocycles. The molecule has 0 aliphatic carbocycles. The number of aromatic hydroxyl groups is 1. The van der Waals surface area contributed by atoms with Gasteiger partial charge in [-0.3, -0.25) is 13.9 Å². The first kappa shape index (κ1) is 17.5. The molecule has 0 unspecified atom stereocenters. The quantitative estimate of drug-likeness (QED) is 0.770. The number of hydrogen-bond acceptors (Lipinski definition) is 5. The van der Waals surface area contributed by atoms with Crippen LogP contribution >= 0.6 is 12.2 Å². The van der Waals surface area contributed by atoms with Crippen LogP contribution in [0.5, 0.6) is 17.4 Å². The van der Waals surface area contributed by atoms with E-state index < -0.39 is 0 Å². The summed E-state index contributed by atoms with van der Waals surface area (Å²) in [5, 5.41) is 12.6. The van der Waals surface area contributed by atoms with E-state index in [1.54, 1.807) is 28.3 Å². The van der Waals surface area contributed by atoms with Crippen molar-refractivity contribution in [3.63, 3.8) is 0 Å². The van der Waals surface area contributed by atoms with E-state index in [2.05, 4.69) is 0 Å². The van der Waals surface area contributed by atoms with Crippen LogP contribution in [0.3, 0.4) is 0 Å². The maximum atomic E-state index is 12.8. The lowest BCUT2D eigenvalue weighted by Gasteiger charge is -2.26. The van der Waals surface area contributed by atoms with Crippen molar-refractivity contribution >= 4 is 12.2 Å². The summed E-state index contributed by atoms with van der Waals surface area (Å²) in [5.74, 6) is 1.16. The molecular formula is C17H22N3O4S+. The minimum absolute atomic E-state index is 0.100. The van der Waals surface area contributed by atoms with Crippen LogP contribution in [0, 0.1) is 4.77 Å². The summed E-state index contributed by atoms with van der Waals surface area (Å²) < 4.78 is 13.9. The van der Waals surface area contributed by atoms with Gasteiger partial charge in [0.25, 0.3) is 5.56 Å². The van der Waals surface area contributed by atoms with E-state index in [0.717, 1.165) is 24.1 Å². The predicted molar refractivity (Wildman–Crippen MR) is 95.0 cm³/mol. The van der Waals surface area contributed by atoms with E-state index in [1.807, 2.05) is 17.4 Å². The van der Waals surface area contributed by atoms with E-state index in [-0.39, 0.29) is 22.3 Å². The number of quaternary nitrogens is 1. The van der Waals surface area contributed by atoms with Gasteiger partial charge in [-0.1, -0.05) is 0 Å². The molecule has 2 aromatic rings. The smallest absolute Gasteiger partial charge is 0.267 e. The molecule has 1 aliphatic rings. The van der Waals surface area contributed by atoms with Crippen LogP contribution in [0.4, 0.5) is 0 Å². The summed E-state index contributed by atoms with van der Waals surface area (Å²) >= 11 is 5.20. The van der Waals surface area contributed by atoms with Gasteiger partial charge in [-0.05, 0) is 29.9 Å². The highest BCUT2D eigenvalue weighted by atomic mass is 32.1. The van der Waals surface area contributed by atoms with E-state index >= 15 is 0 Å². The third-order valence-corrected chi connectivity index (χ3v) is 5.32. The number of rotatable bonds is 3. The summed E-state index contributed by atoms with van der Waals surface area (Å²) in [6, 6.07) is 3.50. The number of methoxy groups -OCH3 is 2. The third-order valence-electron chi connectivity index (χ3n) is 4.78. The van der Waals surface area contributed by atoms with Crippen LogP contribution in [0.2, 0.25) is 0 Å². The molecule has 1 aromatic heterocycles. The van der Waals surface area contributed by atoms with Gasteiger partial charge in [0.15, 0.2) is 16.3 Å². The first-order valence-electron chi connectivity index (χ1n) is 7.97. The molecule has 1 atom stereocenters. The number of fused-ring (bicyclic) bond motifs is 1. The average Bonchev–Trinajstić information content (AvgIpc) is 2.63. The van der Waals surface area contributed by atoms with Gasteiger partial charge in [-0.25, -0.2) is 0 Å². The Balaban J connectivity index is 2.27. The number of benzene rings is 1. The van der Waals surface area contributed by atoms with Crippen molar-refractivity contribution < 1.29 is 19.9 Å². The number of aromatic nitrogens is 2. The highest BCUT2D eigenvalue weighted by molar-refractivity contribution is 7.71. The minimum atomic E-state index is -0.330. The van der Waals surface area contributed by atoms with Crippen LogP contribution in [-0.4, -0.2) is 35.0 Å². The largest absolute Gasteiger partial charge is 0.494 e. The van der Waals surface area contributed by atoms with E-state index in [9.17, 15) is 9.90 Å². The Morgan fingerprint density at radius 3 is 2.48 bits per heavy atom. The number of nitrogens with zero attached hydrogens (tertiary/aromatic N) is 2. The summed E-state index contributed by atoms with van der Waals surface area (Å²) in [6.07, 6.45) is 0.846. The Hall–Kier alpha value is -2.32. The molecule has 3 N–H and O–H groups in total. The first-order chi connectivity index (χ1) is 11.9. The molecule has 0 saturated heterocycles. The molecular weight excluding hydrogens is 342 g/mol. The van der Waals surface area contributed by atoms with Gasteiger partial charge in [-0.15, -0.1) is 0 Å². The molecule has 0 radical (unpaired) electrons. The van der Waals surface area contributed by atoms with Gasteiger partial charge in [0.05, 0.1) is 20.8 Å². The third kappa shape index (κ3) is 2.71. The lowest BCUT2D eigenvalue weighted by molar-refractivity contribution is -0.690. The maximum absolute atomic E-state index is 12.8. The molecule has 8 heteroatoms. The Morgan fingerprint density at radius 2 is 1.84 bits per heavy atom. The molecule has 0 amide bonds. The molecule has 134 valence electrons. The standard InChI is InChI=1S/C17H21N3O4S/c1-19-15(21)13(16(22)20(2)17(19)25)14-10-8-12(24-4)11(23-3)7-9(10)5-6-18-14/h7-8,14,18,21H,5-6H2,1-4H3/p+1/t14-/m1/s1. The molecule has 25 heavy (non-hydrogen) atoms. The highest BCUT2D eigenvalue weighted by Crippen LogP contribution is 2.36. The molecule has 3 rings (SSSR count). The average molecular weight is 364 g/mol. The van der Waals surface area contributed by atoms with Gasteiger partial charge < -0.3 is 19.9 Å². The lowest BCUT2D eigenvalue weighted by Crippen LogP contribution is -2.87. The predicted octanol–water partition coefficient (Wildman–Crippen LogP) is 0.385. The fourth-order valence-corrected chi connectivity index (χ4v) is 3.55. The molecule has 0 spiro atoms. The van der Waals surface area contributed by atoms with E-state index in [0.29, 0.717) is 17.1 Å². The van der Waals surface area contributed by atoms with Crippen molar-refractivity contribution in [3.05, 3.63) is 43.9 Å². The van der Waals surface area contributed by atoms with Gasteiger partial charge in [0, 0.05) is 26.1 Å². The Kier molecular flexibility index (Phi) is 4.57. The van der Waals surface area contributed by atoms with E-state index in [4.69, 9.17) is 21.7 Å². The summed E-state index contributed by atoms with van der Waals surface area (Å²) in [4.78, 5) is 12.8. The number of ether oxygens (including phenoxy) is 2. The fraction of sp³-hybridized carbons (Fsp3) is 0.412. The summed E-state index contributed by atoms with van der Waals surface area (Å²) in [5.41, 5.74) is 2.06. The Bertz CT molecular complexity index is 948. The van der Waals surface area contributed by atoms with Crippen molar-refractivity contribution in [2.45, 2.75) is 12.5 Å².